The lowest BCUT2D eigenvalue weighted by molar-refractivity contribution is 0.312. The molecule has 0 spiro atoms. The minimum atomic E-state index is -0.637. The molecule has 24 heavy (non-hydrogen) atoms. The van der Waals surface area contributed by atoms with Crippen LogP contribution in [0.15, 0.2) is 54.6 Å². The monoisotopic (exact) mass is 325 g/mol. The molecule has 2 aromatic rings. The highest BCUT2D eigenvalue weighted by Gasteiger charge is 2.27. The molecule has 0 aliphatic heterocycles. The van der Waals surface area contributed by atoms with E-state index in [0.29, 0.717) is 0 Å². The van der Waals surface area contributed by atoms with Crippen molar-refractivity contribution in [2.75, 3.05) is 13.6 Å². The Bertz CT molecular complexity index is 608. The minimum Gasteiger partial charge on any atom is -0.302 e. The quantitative estimate of drug-likeness (QED) is 0.662. The van der Waals surface area contributed by atoms with Crippen LogP contribution in [-0.2, 0) is 13.0 Å². The largest absolute Gasteiger partial charge is 0.302 e. The third kappa shape index (κ3) is 4.67. The van der Waals surface area contributed by atoms with Crippen molar-refractivity contribution in [2.45, 2.75) is 50.7 Å². The summed E-state index contributed by atoms with van der Waals surface area (Å²) in [5, 5.41) is 0. The molecule has 1 saturated carbocycles. The van der Waals surface area contributed by atoms with Gasteiger partial charge in [-0.05, 0) is 62.4 Å². The van der Waals surface area contributed by atoms with Crippen molar-refractivity contribution in [2.24, 2.45) is 0 Å². The van der Waals surface area contributed by atoms with Gasteiger partial charge in [-0.25, -0.2) is 4.39 Å². The first kappa shape index (κ1) is 17.2. The molecular formula is C22H28FN. The van der Waals surface area contributed by atoms with Gasteiger partial charge in [-0.15, -0.1) is 0 Å². The Hall–Kier alpha value is -1.67. The van der Waals surface area contributed by atoms with Crippen molar-refractivity contribution < 1.29 is 4.39 Å². The summed E-state index contributed by atoms with van der Waals surface area (Å²) in [5.74, 6) is 0.135. The Morgan fingerprint density at radius 2 is 1.71 bits per heavy atom. The van der Waals surface area contributed by atoms with Crippen molar-refractivity contribution in [3.63, 3.8) is 0 Å². The molecule has 0 saturated heterocycles. The number of benzene rings is 2. The molecule has 1 aliphatic rings. The van der Waals surface area contributed by atoms with Crippen LogP contribution in [0.4, 0.5) is 4.39 Å². The van der Waals surface area contributed by atoms with Crippen LogP contribution in [-0.4, -0.2) is 24.7 Å². The lowest BCUT2D eigenvalue weighted by atomic mass is 9.95. The topological polar surface area (TPSA) is 3.24 Å². The van der Waals surface area contributed by atoms with Gasteiger partial charge in [0.25, 0.3) is 0 Å². The van der Waals surface area contributed by atoms with Gasteiger partial charge in [0.05, 0.1) is 0 Å². The summed E-state index contributed by atoms with van der Waals surface area (Å²) < 4.78 is 13.8. The van der Waals surface area contributed by atoms with Crippen molar-refractivity contribution in [1.82, 2.24) is 4.90 Å². The Morgan fingerprint density at radius 1 is 0.958 bits per heavy atom. The fourth-order valence-electron chi connectivity index (χ4n) is 3.75. The molecule has 1 fully saturated rings. The highest BCUT2D eigenvalue weighted by Crippen LogP contribution is 2.36. The molecule has 0 N–H and O–H groups in total. The lowest BCUT2D eigenvalue weighted by Crippen LogP contribution is -2.19. The number of hydrogen-bond donors (Lipinski definition) is 0. The average molecular weight is 325 g/mol. The summed E-state index contributed by atoms with van der Waals surface area (Å²) in [4.78, 5) is 2.37. The molecule has 128 valence electrons. The molecule has 0 heterocycles. The normalized spacial score (nSPS) is 20.6. The van der Waals surface area contributed by atoms with Gasteiger partial charge in [-0.2, -0.15) is 0 Å². The van der Waals surface area contributed by atoms with Gasteiger partial charge >= 0.3 is 0 Å². The van der Waals surface area contributed by atoms with E-state index in [4.69, 9.17) is 0 Å². The minimum absolute atomic E-state index is 0.135. The average Bonchev–Trinajstić information content (AvgIpc) is 3.02. The first-order valence-corrected chi connectivity index (χ1v) is 9.18. The van der Waals surface area contributed by atoms with Crippen LogP contribution in [0.25, 0.3) is 0 Å². The maximum atomic E-state index is 13.8. The van der Waals surface area contributed by atoms with E-state index >= 15 is 0 Å². The van der Waals surface area contributed by atoms with E-state index < -0.39 is 6.17 Å². The zero-order chi connectivity index (χ0) is 16.8. The molecule has 0 radical (unpaired) electrons. The van der Waals surface area contributed by atoms with E-state index in [2.05, 4.69) is 66.5 Å². The smallest absolute Gasteiger partial charge is 0.107 e. The second kappa shape index (κ2) is 8.43. The molecule has 2 unspecified atom stereocenters. The van der Waals surface area contributed by atoms with E-state index in [1.54, 1.807) is 0 Å². The van der Waals surface area contributed by atoms with Crippen LogP contribution in [0, 0.1) is 0 Å². The van der Waals surface area contributed by atoms with Crippen LogP contribution in [0.3, 0.4) is 0 Å². The maximum Gasteiger partial charge on any atom is 0.107 e. The summed E-state index contributed by atoms with van der Waals surface area (Å²) in [6.45, 7) is 2.09. The van der Waals surface area contributed by atoms with Gasteiger partial charge in [0.15, 0.2) is 0 Å². The van der Waals surface area contributed by atoms with Gasteiger partial charge in [0, 0.05) is 12.5 Å². The van der Waals surface area contributed by atoms with Gasteiger partial charge in [-0.3, -0.25) is 0 Å². The van der Waals surface area contributed by atoms with Gasteiger partial charge in [-0.1, -0.05) is 54.6 Å². The Kier molecular flexibility index (Phi) is 6.03. The molecule has 3 rings (SSSR count). The van der Waals surface area contributed by atoms with Gasteiger partial charge < -0.3 is 4.90 Å². The molecule has 2 heteroatoms. The summed E-state index contributed by atoms with van der Waals surface area (Å²) in [5.41, 5.74) is 3.91. The van der Waals surface area contributed by atoms with Crippen molar-refractivity contribution in [3.05, 3.63) is 71.3 Å². The Labute approximate surface area is 145 Å². The van der Waals surface area contributed by atoms with E-state index in [-0.39, 0.29) is 5.92 Å². The fraction of sp³-hybridized carbons (Fsp3) is 0.455. The van der Waals surface area contributed by atoms with E-state index in [1.165, 1.54) is 16.7 Å². The Morgan fingerprint density at radius 3 is 2.38 bits per heavy atom. The van der Waals surface area contributed by atoms with E-state index in [9.17, 15) is 4.39 Å². The van der Waals surface area contributed by atoms with Crippen LogP contribution >= 0.6 is 0 Å². The lowest BCUT2D eigenvalue weighted by Gasteiger charge is -2.17. The second-order valence-electron chi connectivity index (χ2n) is 7.12. The standard InChI is InChI=1S/C22H28FN/c1-24(17-19-7-3-2-4-8-19)16-6-9-18-12-14-20(15-13-18)21-10-5-11-22(21)23/h2-4,7-8,12-15,21-22H,5-6,9-11,16-17H2,1H3. The summed E-state index contributed by atoms with van der Waals surface area (Å²) in [6.07, 6.45) is 4.37. The van der Waals surface area contributed by atoms with Gasteiger partial charge in [0.1, 0.15) is 6.17 Å². The van der Waals surface area contributed by atoms with E-state index in [1.807, 2.05) is 0 Å². The molecule has 0 aromatic heterocycles. The van der Waals surface area contributed by atoms with Crippen LogP contribution in [0.1, 0.15) is 48.3 Å². The predicted molar refractivity (Wildman–Crippen MR) is 99.0 cm³/mol. The molecule has 2 aromatic carbocycles. The summed E-state index contributed by atoms with van der Waals surface area (Å²) in [6, 6.07) is 19.3. The van der Waals surface area contributed by atoms with Crippen LogP contribution in [0.5, 0.6) is 0 Å². The molecule has 0 bridgehead atoms. The van der Waals surface area contributed by atoms with Crippen molar-refractivity contribution in [1.29, 1.82) is 0 Å². The number of nitrogens with zero attached hydrogens (tertiary/aromatic N) is 1. The van der Waals surface area contributed by atoms with E-state index in [0.717, 1.165) is 45.2 Å². The third-order valence-electron chi connectivity index (χ3n) is 5.14. The first-order valence-electron chi connectivity index (χ1n) is 9.18. The number of halogens is 1. The van der Waals surface area contributed by atoms with Gasteiger partial charge in [0.2, 0.25) is 0 Å². The highest BCUT2D eigenvalue weighted by molar-refractivity contribution is 5.27. The zero-order valence-corrected chi connectivity index (χ0v) is 14.6. The Balaban J connectivity index is 1.43. The van der Waals surface area contributed by atoms with Crippen LogP contribution < -0.4 is 0 Å². The summed E-state index contributed by atoms with van der Waals surface area (Å²) >= 11 is 0. The zero-order valence-electron chi connectivity index (χ0n) is 14.6. The van der Waals surface area contributed by atoms with Crippen LogP contribution in [0.2, 0.25) is 0 Å². The first-order chi connectivity index (χ1) is 11.7. The summed E-state index contributed by atoms with van der Waals surface area (Å²) in [7, 11) is 2.18. The molecular weight excluding hydrogens is 297 g/mol. The van der Waals surface area contributed by atoms with Crippen molar-refractivity contribution >= 4 is 0 Å². The maximum absolute atomic E-state index is 13.8. The molecule has 0 amide bonds. The van der Waals surface area contributed by atoms with Crippen molar-refractivity contribution in [3.8, 4) is 0 Å². The molecule has 1 aliphatic carbocycles. The number of rotatable bonds is 7. The number of aryl methyl sites for hydroxylation is 1. The highest BCUT2D eigenvalue weighted by atomic mass is 19.1. The number of hydrogen-bond acceptors (Lipinski definition) is 1. The predicted octanol–water partition coefficient (Wildman–Crippen LogP) is 5.36. The second-order valence-corrected chi connectivity index (χ2v) is 7.12. The third-order valence-corrected chi connectivity index (χ3v) is 5.14. The molecule has 1 nitrogen and oxygen atoms in total. The fourth-order valence-corrected chi connectivity index (χ4v) is 3.75. The SMILES string of the molecule is CN(CCCc1ccc(C2CCCC2F)cc1)Cc1ccccc1. The number of alkyl halides is 1. The molecule has 2 atom stereocenters.